The van der Waals surface area contributed by atoms with Crippen molar-refractivity contribution in [2.45, 2.75) is 0 Å². The highest BCUT2D eigenvalue weighted by atomic mass is 16.2. The zero-order chi connectivity index (χ0) is 9.97. The number of hydrazine groups is 1. The Kier molecular flexibility index (Phi) is 2.20. The average molecular weight is 189 g/mol. The zero-order valence-corrected chi connectivity index (χ0v) is 7.60. The molecule has 0 radical (unpaired) electrons. The fraction of sp³-hybridized carbons (Fsp3) is 0.100. The SMILES string of the molecule is NNC(=O)C1=CCN2C=CC=CC2=C1. The van der Waals surface area contributed by atoms with Crippen LogP contribution in [0.4, 0.5) is 0 Å². The summed E-state index contributed by atoms with van der Waals surface area (Å²) in [5.74, 6) is 4.81. The number of carbonyl (C=O) groups is 1. The van der Waals surface area contributed by atoms with Crippen LogP contribution in [0.1, 0.15) is 0 Å². The van der Waals surface area contributed by atoms with Crippen LogP contribution < -0.4 is 11.3 Å². The highest BCUT2D eigenvalue weighted by Crippen LogP contribution is 2.19. The second-order valence-corrected chi connectivity index (χ2v) is 3.06. The first kappa shape index (κ1) is 8.77. The predicted molar refractivity (Wildman–Crippen MR) is 53.5 cm³/mol. The molecule has 4 nitrogen and oxygen atoms in total. The number of hydrogen-bond acceptors (Lipinski definition) is 3. The van der Waals surface area contributed by atoms with Crippen molar-refractivity contribution in [1.29, 1.82) is 0 Å². The Morgan fingerprint density at radius 2 is 2.36 bits per heavy atom. The summed E-state index contributed by atoms with van der Waals surface area (Å²) in [6.45, 7) is 0.704. The van der Waals surface area contributed by atoms with E-state index in [1.54, 1.807) is 0 Å². The van der Waals surface area contributed by atoms with Crippen molar-refractivity contribution < 1.29 is 4.79 Å². The molecule has 0 bridgehead atoms. The van der Waals surface area contributed by atoms with Gasteiger partial charge >= 0.3 is 0 Å². The van der Waals surface area contributed by atoms with Crippen LogP contribution in [0, 0.1) is 0 Å². The van der Waals surface area contributed by atoms with E-state index in [-0.39, 0.29) is 5.91 Å². The molecule has 0 fully saturated rings. The summed E-state index contributed by atoms with van der Waals surface area (Å²) < 4.78 is 0. The molecule has 0 saturated heterocycles. The fourth-order valence-electron chi connectivity index (χ4n) is 1.44. The minimum absolute atomic E-state index is 0.250. The molecule has 2 rings (SSSR count). The summed E-state index contributed by atoms with van der Waals surface area (Å²) in [6.07, 6.45) is 11.5. The van der Waals surface area contributed by atoms with Gasteiger partial charge in [0.1, 0.15) is 0 Å². The van der Waals surface area contributed by atoms with Gasteiger partial charge in [0.25, 0.3) is 5.91 Å². The molecule has 0 saturated carbocycles. The molecule has 14 heavy (non-hydrogen) atoms. The molecular weight excluding hydrogens is 178 g/mol. The van der Waals surface area contributed by atoms with Crippen molar-refractivity contribution in [2.75, 3.05) is 6.54 Å². The van der Waals surface area contributed by atoms with Crippen molar-refractivity contribution in [2.24, 2.45) is 5.84 Å². The molecule has 0 spiro atoms. The maximum atomic E-state index is 11.2. The second-order valence-electron chi connectivity index (χ2n) is 3.06. The molecule has 2 aliphatic heterocycles. The van der Waals surface area contributed by atoms with Crippen LogP contribution in [0.15, 0.2) is 47.9 Å². The lowest BCUT2D eigenvalue weighted by atomic mass is 10.1. The van der Waals surface area contributed by atoms with E-state index in [2.05, 4.69) is 5.43 Å². The molecule has 0 aromatic rings. The Hall–Kier alpha value is -1.81. The molecule has 0 aromatic heterocycles. The monoisotopic (exact) mass is 189 g/mol. The van der Waals surface area contributed by atoms with Crippen molar-refractivity contribution in [3.8, 4) is 0 Å². The van der Waals surface area contributed by atoms with Gasteiger partial charge in [-0.2, -0.15) is 0 Å². The van der Waals surface area contributed by atoms with Gasteiger partial charge in [0, 0.05) is 24.0 Å². The second kappa shape index (κ2) is 3.51. The lowest BCUT2D eigenvalue weighted by molar-refractivity contribution is -0.117. The fourth-order valence-corrected chi connectivity index (χ4v) is 1.44. The Bertz CT molecular complexity index is 377. The van der Waals surface area contributed by atoms with Crippen molar-refractivity contribution in [1.82, 2.24) is 10.3 Å². The number of allylic oxidation sites excluding steroid dienone is 3. The van der Waals surface area contributed by atoms with Gasteiger partial charge in [-0.25, -0.2) is 5.84 Å². The molecular formula is C10H11N3O. The number of amides is 1. The van der Waals surface area contributed by atoms with Crippen LogP contribution in [0.25, 0.3) is 0 Å². The van der Waals surface area contributed by atoms with Crippen molar-refractivity contribution in [3.05, 3.63) is 47.9 Å². The number of fused-ring (bicyclic) bond motifs is 1. The highest BCUT2D eigenvalue weighted by Gasteiger charge is 2.14. The first-order valence-electron chi connectivity index (χ1n) is 4.35. The molecule has 0 unspecified atom stereocenters. The van der Waals surface area contributed by atoms with Crippen LogP contribution in [-0.4, -0.2) is 17.4 Å². The van der Waals surface area contributed by atoms with E-state index in [4.69, 9.17) is 5.84 Å². The molecule has 0 aromatic carbocycles. The summed E-state index contributed by atoms with van der Waals surface area (Å²) in [5.41, 5.74) is 3.74. The summed E-state index contributed by atoms with van der Waals surface area (Å²) in [6, 6.07) is 0. The Labute approximate surface area is 82.0 Å². The molecule has 2 aliphatic rings. The Morgan fingerprint density at radius 1 is 1.50 bits per heavy atom. The van der Waals surface area contributed by atoms with Gasteiger partial charge in [0.2, 0.25) is 0 Å². The maximum absolute atomic E-state index is 11.2. The molecule has 72 valence electrons. The number of carbonyl (C=O) groups excluding carboxylic acids is 1. The topological polar surface area (TPSA) is 58.4 Å². The standard InChI is InChI=1S/C10H11N3O/c11-12-10(14)8-4-6-13-5-2-1-3-9(13)7-8/h1-5,7H,6,11H2,(H,12,14). The molecule has 4 heteroatoms. The third-order valence-corrected chi connectivity index (χ3v) is 2.18. The van der Waals surface area contributed by atoms with Gasteiger partial charge in [-0.15, -0.1) is 0 Å². The molecule has 2 heterocycles. The van der Waals surface area contributed by atoms with Crippen LogP contribution in [0.3, 0.4) is 0 Å². The van der Waals surface area contributed by atoms with Crippen molar-refractivity contribution >= 4 is 5.91 Å². The van der Waals surface area contributed by atoms with Crippen LogP contribution in [0.2, 0.25) is 0 Å². The van der Waals surface area contributed by atoms with E-state index in [0.717, 1.165) is 5.70 Å². The first-order chi connectivity index (χ1) is 6.81. The first-order valence-corrected chi connectivity index (χ1v) is 4.35. The van der Waals surface area contributed by atoms with Crippen LogP contribution in [0.5, 0.6) is 0 Å². The summed E-state index contributed by atoms with van der Waals surface area (Å²) >= 11 is 0. The third kappa shape index (κ3) is 1.47. The van der Waals surface area contributed by atoms with Gasteiger partial charge in [0.15, 0.2) is 0 Å². The van der Waals surface area contributed by atoms with E-state index < -0.39 is 0 Å². The lowest BCUT2D eigenvalue weighted by Gasteiger charge is -2.25. The largest absolute Gasteiger partial charge is 0.344 e. The minimum atomic E-state index is -0.250. The quantitative estimate of drug-likeness (QED) is 0.351. The van der Waals surface area contributed by atoms with Crippen molar-refractivity contribution in [3.63, 3.8) is 0 Å². The third-order valence-electron chi connectivity index (χ3n) is 2.18. The summed E-state index contributed by atoms with van der Waals surface area (Å²) in [7, 11) is 0. The summed E-state index contributed by atoms with van der Waals surface area (Å²) in [4.78, 5) is 13.3. The summed E-state index contributed by atoms with van der Waals surface area (Å²) in [5, 5.41) is 0. The number of nitrogens with one attached hydrogen (secondary N) is 1. The van der Waals surface area contributed by atoms with E-state index in [0.29, 0.717) is 12.1 Å². The van der Waals surface area contributed by atoms with E-state index in [9.17, 15) is 4.79 Å². The molecule has 3 N–H and O–H groups in total. The van der Waals surface area contributed by atoms with Crippen LogP contribution >= 0.6 is 0 Å². The normalized spacial score (nSPS) is 18.5. The molecule has 0 atom stereocenters. The highest BCUT2D eigenvalue weighted by molar-refractivity contribution is 5.96. The average Bonchev–Trinajstić information content (AvgIpc) is 2.27. The minimum Gasteiger partial charge on any atom is -0.344 e. The van der Waals surface area contributed by atoms with E-state index in [1.807, 2.05) is 41.5 Å². The maximum Gasteiger partial charge on any atom is 0.264 e. The number of nitrogens with two attached hydrogens (primary N) is 1. The smallest absolute Gasteiger partial charge is 0.264 e. The molecule has 1 amide bonds. The van der Waals surface area contributed by atoms with Gasteiger partial charge in [-0.1, -0.05) is 12.2 Å². The molecule has 0 aliphatic carbocycles. The van der Waals surface area contributed by atoms with E-state index >= 15 is 0 Å². The Balaban J connectivity index is 2.24. The number of hydrogen-bond donors (Lipinski definition) is 2. The van der Waals surface area contributed by atoms with Crippen LogP contribution in [-0.2, 0) is 4.79 Å². The number of nitrogens with zero attached hydrogens (tertiary/aromatic N) is 1. The van der Waals surface area contributed by atoms with Gasteiger partial charge < -0.3 is 4.90 Å². The van der Waals surface area contributed by atoms with Gasteiger partial charge in [-0.3, -0.25) is 10.2 Å². The Morgan fingerprint density at radius 3 is 3.14 bits per heavy atom. The van der Waals surface area contributed by atoms with Gasteiger partial charge in [-0.05, 0) is 18.2 Å². The number of rotatable bonds is 1. The lowest BCUT2D eigenvalue weighted by Crippen LogP contribution is -2.33. The zero-order valence-electron chi connectivity index (χ0n) is 7.60. The van der Waals surface area contributed by atoms with E-state index in [1.165, 1.54) is 0 Å². The predicted octanol–water partition coefficient (Wildman–Crippen LogP) is 0.186. The van der Waals surface area contributed by atoms with Gasteiger partial charge in [0.05, 0.1) is 0 Å².